The van der Waals surface area contributed by atoms with Gasteiger partial charge in [-0.2, -0.15) is 0 Å². The van der Waals surface area contributed by atoms with E-state index >= 15 is 0 Å². The molecule has 5 aromatic rings. The number of carbonyl (C=O) groups is 2. The molecule has 1 fully saturated rings. The van der Waals surface area contributed by atoms with E-state index < -0.39 is 0 Å². The van der Waals surface area contributed by atoms with Crippen molar-refractivity contribution in [2.45, 2.75) is 19.8 Å². The molecule has 0 bridgehead atoms. The van der Waals surface area contributed by atoms with Crippen LogP contribution in [0.5, 0.6) is 0 Å². The highest BCUT2D eigenvalue weighted by atomic mass is 19.1. The van der Waals surface area contributed by atoms with Gasteiger partial charge in [0.25, 0.3) is 5.91 Å². The number of halogens is 1. The highest BCUT2D eigenvalue weighted by Gasteiger charge is 2.23. The number of benzene rings is 3. The van der Waals surface area contributed by atoms with E-state index in [9.17, 15) is 14.0 Å². The Morgan fingerprint density at radius 3 is 2.48 bits per heavy atom. The second kappa shape index (κ2) is 11.9. The number of piperidine rings is 1. The second-order valence-electron chi connectivity index (χ2n) is 10.4. The lowest BCUT2D eigenvalue weighted by Crippen LogP contribution is -2.34. The minimum Gasteiger partial charge on any atom is -0.337 e. The lowest BCUT2D eigenvalue weighted by atomic mass is 9.97. The van der Waals surface area contributed by atoms with Crippen LogP contribution in [-0.4, -0.2) is 46.4 Å². The number of amides is 2. The molecule has 6 rings (SSSR count). The monoisotopic (exact) mass is 562 g/mol. The molecule has 3 heterocycles. The van der Waals surface area contributed by atoms with Crippen LogP contribution in [0.25, 0.3) is 33.5 Å². The lowest BCUT2D eigenvalue weighted by molar-refractivity contribution is -0.120. The van der Waals surface area contributed by atoms with E-state index in [0.717, 1.165) is 36.7 Å². The number of pyridine rings is 1. The minimum atomic E-state index is -0.372. The van der Waals surface area contributed by atoms with Crippen LogP contribution in [0.3, 0.4) is 0 Å². The fourth-order valence-corrected chi connectivity index (χ4v) is 5.34. The maximum atomic E-state index is 13.8. The first-order valence-electron chi connectivity index (χ1n) is 14.1. The Kier molecular flexibility index (Phi) is 7.74. The van der Waals surface area contributed by atoms with Crippen molar-refractivity contribution in [1.82, 2.24) is 20.3 Å². The molecule has 0 atom stereocenters. The molecule has 0 saturated carbocycles. The van der Waals surface area contributed by atoms with Crippen molar-refractivity contribution in [2.24, 2.45) is 5.92 Å². The van der Waals surface area contributed by atoms with E-state index in [2.05, 4.69) is 25.6 Å². The van der Waals surface area contributed by atoms with E-state index in [0.29, 0.717) is 46.3 Å². The van der Waals surface area contributed by atoms with Gasteiger partial charge in [0.05, 0.1) is 11.9 Å². The van der Waals surface area contributed by atoms with Crippen molar-refractivity contribution in [2.75, 3.05) is 29.9 Å². The van der Waals surface area contributed by atoms with Crippen molar-refractivity contribution in [1.29, 1.82) is 0 Å². The Labute approximate surface area is 243 Å². The number of fused-ring (bicyclic) bond motifs is 1. The normalized spacial score (nSPS) is 13.7. The molecule has 3 N–H and O–H groups in total. The summed E-state index contributed by atoms with van der Waals surface area (Å²) < 4.78 is 13.6. The highest BCUT2D eigenvalue weighted by molar-refractivity contribution is 6.08. The van der Waals surface area contributed by atoms with Crippen molar-refractivity contribution in [3.63, 3.8) is 0 Å². The third-order valence-corrected chi connectivity index (χ3v) is 7.62. The summed E-state index contributed by atoms with van der Waals surface area (Å²) in [6.45, 7) is 3.84. The smallest absolute Gasteiger partial charge is 0.258 e. The van der Waals surface area contributed by atoms with Crippen molar-refractivity contribution >= 4 is 34.0 Å². The summed E-state index contributed by atoms with van der Waals surface area (Å²) in [6, 6.07) is 21.1. The quantitative estimate of drug-likeness (QED) is 0.225. The predicted molar refractivity (Wildman–Crippen MR) is 163 cm³/mol. The Morgan fingerprint density at radius 1 is 0.952 bits per heavy atom. The van der Waals surface area contributed by atoms with Crippen molar-refractivity contribution in [3.05, 3.63) is 96.6 Å². The van der Waals surface area contributed by atoms with Crippen LogP contribution in [0.15, 0.2) is 85.2 Å². The zero-order chi connectivity index (χ0) is 29.1. The van der Waals surface area contributed by atoms with E-state index in [1.165, 1.54) is 12.1 Å². The third kappa shape index (κ3) is 5.77. The summed E-state index contributed by atoms with van der Waals surface area (Å²) in [5.41, 5.74) is 3.56. The fraction of sp³-hybridized carbons (Fsp3) is 0.212. The molecule has 0 radical (unpaired) electrons. The average Bonchev–Trinajstić information content (AvgIpc) is 3.53. The number of anilines is 2. The number of aromatic nitrogens is 3. The lowest BCUT2D eigenvalue weighted by Gasteiger charge is -2.23. The second-order valence-corrected chi connectivity index (χ2v) is 10.4. The molecule has 0 unspecified atom stereocenters. The first-order chi connectivity index (χ1) is 20.5. The van der Waals surface area contributed by atoms with Gasteiger partial charge in [0.1, 0.15) is 11.5 Å². The van der Waals surface area contributed by atoms with Gasteiger partial charge in [-0.3, -0.25) is 14.6 Å². The summed E-state index contributed by atoms with van der Waals surface area (Å²) in [5, 5.41) is 8.42. The van der Waals surface area contributed by atoms with Gasteiger partial charge in [-0.15, -0.1) is 0 Å². The first kappa shape index (κ1) is 27.3. The zero-order valence-electron chi connectivity index (χ0n) is 23.2. The number of nitrogens with one attached hydrogen (secondary N) is 3. The number of H-pyrrole nitrogens is 1. The van der Waals surface area contributed by atoms with Gasteiger partial charge in [0, 0.05) is 46.5 Å². The topological polar surface area (TPSA) is 103 Å². The molecule has 0 aliphatic carbocycles. The van der Waals surface area contributed by atoms with Crippen LogP contribution in [0, 0.1) is 11.7 Å². The number of nitrogens with zero attached hydrogens (tertiary/aromatic N) is 3. The van der Waals surface area contributed by atoms with Gasteiger partial charge >= 0.3 is 0 Å². The Bertz CT molecular complexity index is 1740. The Morgan fingerprint density at radius 2 is 1.71 bits per heavy atom. The zero-order valence-corrected chi connectivity index (χ0v) is 23.2. The minimum absolute atomic E-state index is 0.0661. The summed E-state index contributed by atoms with van der Waals surface area (Å²) in [6.07, 6.45) is 5.03. The van der Waals surface area contributed by atoms with Gasteiger partial charge in [-0.25, -0.2) is 9.37 Å². The molecule has 2 aromatic heterocycles. The summed E-state index contributed by atoms with van der Waals surface area (Å²) in [4.78, 5) is 41.0. The largest absolute Gasteiger partial charge is 0.337 e. The van der Waals surface area contributed by atoms with Crippen LogP contribution in [0.2, 0.25) is 0 Å². The van der Waals surface area contributed by atoms with E-state index in [1.54, 1.807) is 35.4 Å². The number of rotatable bonds is 7. The molecule has 212 valence electrons. The van der Waals surface area contributed by atoms with Crippen molar-refractivity contribution in [3.8, 4) is 22.8 Å². The summed E-state index contributed by atoms with van der Waals surface area (Å²) in [5.74, 6) is -0.210. The molecule has 42 heavy (non-hydrogen) atoms. The maximum absolute atomic E-state index is 13.8. The van der Waals surface area contributed by atoms with Crippen molar-refractivity contribution < 1.29 is 14.0 Å². The highest BCUT2D eigenvalue weighted by Crippen LogP contribution is 2.29. The van der Waals surface area contributed by atoms with Gasteiger partial charge in [0.2, 0.25) is 5.91 Å². The molecule has 9 heteroatoms. The number of imidazole rings is 1. The molecule has 1 aliphatic heterocycles. The molecule has 3 aromatic carbocycles. The van der Waals surface area contributed by atoms with Crippen LogP contribution in [0.4, 0.5) is 15.8 Å². The molecule has 2 amide bonds. The number of carbonyl (C=O) groups excluding carboxylic acids is 2. The van der Waals surface area contributed by atoms with Crippen LogP contribution < -0.4 is 15.5 Å². The Hall–Kier alpha value is -4.89. The standard InChI is InChI=1S/C33H31FN6O2/c1-2-40(28-9-7-26(34)8-10-28)33(42)25-15-24(16-27(17-25)38-32(41)21-11-13-35-14-12-21)30-20-37-31(39-30)29-18-22-5-3-4-6-23(22)19-36-29/h3-10,15-21,35H,2,11-14H2,1H3,(H,37,39)(H,38,41). The predicted octanol–water partition coefficient (Wildman–Crippen LogP) is 6.04. The van der Waals surface area contributed by atoms with E-state index in [1.807, 2.05) is 49.5 Å². The molecule has 1 saturated heterocycles. The van der Waals surface area contributed by atoms with Gasteiger partial charge < -0.3 is 20.5 Å². The van der Waals surface area contributed by atoms with Crippen LogP contribution >= 0.6 is 0 Å². The number of hydrogen-bond donors (Lipinski definition) is 3. The summed E-state index contributed by atoms with van der Waals surface area (Å²) >= 11 is 0. The van der Waals surface area contributed by atoms with Crippen LogP contribution in [-0.2, 0) is 4.79 Å². The van der Waals surface area contributed by atoms with Gasteiger partial charge in [-0.1, -0.05) is 24.3 Å². The molecule has 0 spiro atoms. The SMILES string of the molecule is CCN(C(=O)c1cc(NC(=O)C2CCNCC2)cc(-c2cnc(-c3cc4ccccc4cn3)[nH]2)c1)c1ccc(F)cc1. The summed E-state index contributed by atoms with van der Waals surface area (Å²) in [7, 11) is 0. The van der Waals surface area contributed by atoms with Crippen LogP contribution in [0.1, 0.15) is 30.1 Å². The molecule has 1 aliphatic rings. The molecular formula is C33H31FN6O2. The number of aromatic amines is 1. The third-order valence-electron chi connectivity index (χ3n) is 7.62. The van der Waals surface area contributed by atoms with Gasteiger partial charge in [0.15, 0.2) is 5.82 Å². The maximum Gasteiger partial charge on any atom is 0.258 e. The molecular weight excluding hydrogens is 531 g/mol. The van der Waals surface area contributed by atoms with Gasteiger partial charge in [-0.05, 0) is 86.8 Å². The fourth-order valence-electron chi connectivity index (χ4n) is 5.34. The van der Waals surface area contributed by atoms with E-state index in [4.69, 9.17) is 0 Å². The Balaban J connectivity index is 1.36. The average molecular weight is 563 g/mol. The van der Waals surface area contributed by atoms with E-state index in [-0.39, 0.29) is 23.5 Å². The molecule has 8 nitrogen and oxygen atoms in total. The number of hydrogen-bond acceptors (Lipinski definition) is 5. The first-order valence-corrected chi connectivity index (χ1v) is 14.1.